The van der Waals surface area contributed by atoms with E-state index in [4.69, 9.17) is 9.15 Å². The molecule has 0 aliphatic rings. The molecule has 1 atom stereocenters. The second-order valence-corrected chi connectivity index (χ2v) is 6.33. The van der Waals surface area contributed by atoms with Crippen LogP contribution in [0.5, 0.6) is 0 Å². The molecule has 0 radical (unpaired) electrons. The van der Waals surface area contributed by atoms with E-state index in [0.717, 1.165) is 17.1 Å². The molecule has 24 heavy (non-hydrogen) atoms. The Labute approximate surface area is 145 Å². The van der Waals surface area contributed by atoms with E-state index in [1.165, 1.54) is 11.8 Å². The van der Waals surface area contributed by atoms with Crippen molar-refractivity contribution in [1.29, 1.82) is 0 Å². The molecule has 1 N–H and O–H groups in total. The second kappa shape index (κ2) is 9.17. The van der Waals surface area contributed by atoms with Gasteiger partial charge in [-0.05, 0) is 37.6 Å². The molecule has 0 fully saturated rings. The molecule has 1 amide bonds. The van der Waals surface area contributed by atoms with Crippen molar-refractivity contribution < 1.29 is 18.7 Å². The lowest BCUT2D eigenvalue weighted by Crippen LogP contribution is -2.35. The van der Waals surface area contributed by atoms with E-state index in [-0.39, 0.29) is 18.6 Å². The van der Waals surface area contributed by atoms with E-state index < -0.39 is 5.97 Å². The van der Waals surface area contributed by atoms with Gasteiger partial charge >= 0.3 is 5.97 Å². The van der Waals surface area contributed by atoms with Crippen LogP contribution in [0.3, 0.4) is 0 Å². The van der Waals surface area contributed by atoms with Gasteiger partial charge in [0.25, 0.3) is 5.91 Å². The summed E-state index contributed by atoms with van der Waals surface area (Å²) in [6.45, 7) is 3.60. The number of rotatable bonds is 8. The maximum absolute atomic E-state index is 12.2. The molecular formula is C18H21NO4S. The van der Waals surface area contributed by atoms with Crippen LogP contribution in [-0.4, -0.2) is 24.5 Å². The minimum atomic E-state index is -0.503. The molecule has 2 rings (SSSR count). The normalized spacial score (nSPS) is 11.8. The molecule has 0 spiro atoms. The van der Waals surface area contributed by atoms with E-state index in [2.05, 4.69) is 5.32 Å². The fourth-order valence-corrected chi connectivity index (χ4v) is 2.88. The van der Waals surface area contributed by atoms with E-state index in [0.29, 0.717) is 11.3 Å². The third-order valence-corrected chi connectivity index (χ3v) is 4.51. The Morgan fingerprint density at radius 2 is 2.04 bits per heavy atom. The van der Waals surface area contributed by atoms with Crippen molar-refractivity contribution in [1.82, 2.24) is 5.32 Å². The van der Waals surface area contributed by atoms with Gasteiger partial charge in [-0.1, -0.05) is 19.1 Å². The first-order valence-corrected chi connectivity index (χ1v) is 8.79. The van der Waals surface area contributed by atoms with Crippen LogP contribution in [0, 0.1) is 0 Å². The van der Waals surface area contributed by atoms with Crippen molar-refractivity contribution in [2.24, 2.45) is 0 Å². The van der Waals surface area contributed by atoms with Crippen molar-refractivity contribution in [3.05, 3.63) is 54.0 Å². The number of benzene rings is 1. The lowest BCUT2D eigenvalue weighted by Gasteiger charge is -2.12. The van der Waals surface area contributed by atoms with Gasteiger partial charge in [0.05, 0.1) is 17.6 Å². The number of carbonyl (C=O) groups is 2. The van der Waals surface area contributed by atoms with Crippen LogP contribution in [0.4, 0.5) is 0 Å². The minimum Gasteiger partial charge on any atom is -0.468 e. The maximum Gasteiger partial charge on any atom is 0.339 e. The summed E-state index contributed by atoms with van der Waals surface area (Å²) >= 11 is 1.49. The highest BCUT2D eigenvalue weighted by molar-refractivity contribution is 7.98. The summed E-state index contributed by atoms with van der Waals surface area (Å²) in [5.74, 6) is 0.651. The molecule has 1 heterocycles. The Balaban J connectivity index is 1.92. The zero-order chi connectivity index (χ0) is 17.4. The van der Waals surface area contributed by atoms with Crippen molar-refractivity contribution in [3.8, 4) is 0 Å². The molecule has 0 aliphatic carbocycles. The Morgan fingerprint density at radius 3 is 2.75 bits per heavy atom. The van der Waals surface area contributed by atoms with Gasteiger partial charge < -0.3 is 14.5 Å². The highest BCUT2D eigenvalue weighted by Gasteiger charge is 2.15. The average Bonchev–Trinajstić information content (AvgIpc) is 3.11. The van der Waals surface area contributed by atoms with Crippen LogP contribution in [0.1, 0.15) is 36.4 Å². The zero-order valence-electron chi connectivity index (χ0n) is 13.8. The minimum absolute atomic E-state index is 0.0624. The molecule has 2 aromatic rings. The van der Waals surface area contributed by atoms with Crippen LogP contribution >= 0.6 is 11.8 Å². The average molecular weight is 347 g/mol. The van der Waals surface area contributed by atoms with Crippen LogP contribution in [0.25, 0.3) is 0 Å². The number of amides is 1. The van der Waals surface area contributed by atoms with Crippen LogP contribution < -0.4 is 5.32 Å². The SMILES string of the molecule is CCC(C)NC(=O)COC(=O)c1ccccc1SCc1ccco1. The molecule has 5 nitrogen and oxygen atoms in total. The number of nitrogens with one attached hydrogen (secondary N) is 1. The molecule has 0 bridgehead atoms. The monoisotopic (exact) mass is 347 g/mol. The number of hydrogen-bond acceptors (Lipinski definition) is 5. The van der Waals surface area contributed by atoms with Crippen molar-refractivity contribution in [2.45, 2.75) is 37.0 Å². The molecular weight excluding hydrogens is 326 g/mol. The highest BCUT2D eigenvalue weighted by Crippen LogP contribution is 2.26. The molecule has 1 aromatic heterocycles. The lowest BCUT2D eigenvalue weighted by atomic mass is 10.2. The lowest BCUT2D eigenvalue weighted by molar-refractivity contribution is -0.124. The standard InChI is InChI=1S/C18H21NO4S/c1-3-13(2)19-17(20)11-23-18(21)15-8-4-5-9-16(15)24-12-14-7-6-10-22-14/h4-10,13H,3,11-12H2,1-2H3,(H,19,20). The molecule has 6 heteroatoms. The van der Waals surface area contributed by atoms with Gasteiger partial charge in [0.1, 0.15) is 5.76 Å². The van der Waals surface area contributed by atoms with E-state index in [1.54, 1.807) is 18.4 Å². The van der Waals surface area contributed by atoms with Gasteiger partial charge in [-0.15, -0.1) is 11.8 Å². The van der Waals surface area contributed by atoms with Gasteiger partial charge in [-0.25, -0.2) is 4.79 Å². The molecule has 1 unspecified atom stereocenters. The first kappa shape index (κ1) is 18.1. The molecule has 0 saturated heterocycles. The molecule has 128 valence electrons. The maximum atomic E-state index is 12.2. The summed E-state index contributed by atoms with van der Waals surface area (Å²) in [5, 5.41) is 2.76. The van der Waals surface area contributed by atoms with Crippen LogP contribution in [0.2, 0.25) is 0 Å². The van der Waals surface area contributed by atoms with Crippen molar-refractivity contribution in [3.63, 3.8) is 0 Å². The van der Waals surface area contributed by atoms with E-state index in [9.17, 15) is 9.59 Å². The summed E-state index contributed by atoms with van der Waals surface area (Å²) in [7, 11) is 0. The summed E-state index contributed by atoms with van der Waals surface area (Å²) in [4.78, 5) is 24.7. The number of esters is 1. The van der Waals surface area contributed by atoms with Gasteiger partial charge in [0.2, 0.25) is 0 Å². The third-order valence-electron chi connectivity index (χ3n) is 3.41. The number of furan rings is 1. The zero-order valence-corrected chi connectivity index (χ0v) is 14.6. The Kier molecular flexibility index (Phi) is 6.93. The number of hydrogen-bond donors (Lipinski definition) is 1. The summed E-state index contributed by atoms with van der Waals surface area (Å²) in [5.41, 5.74) is 0.449. The summed E-state index contributed by atoms with van der Waals surface area (Å²) in [6, 6.07) is 10.9. The molecule has 0 saturated carbocycles. The number of ether oxygens (including phenoxy) is 1. The van der Waals surface area contributed by atoms with Crippen LogP contribution in [-0.2, 0) is 15.3 Å². The summed E-state index contributed by atoms with van der Waals surface area (Å²) < 4.78 is 10.4. The topological polar surface area (TPSA) is 68.5 Å². The fourth-order valence-electron chi connectivity index (χ4n) is 1.93. The molecule has 0 aliphatic heterocycles. The quantitative estimate of drug-likeness (QED) is 0.583. The van der Waals surface area contributed by atoms with Gasteiger partial charge in [-0.3, -0.25) is 4.79 Å². The summed E-state index contributed by atoms with van der Waals surface area (Å²) in [6.07, 6.45) is 2.44. The largest absolute Gasteiger partial charge is 0.468 e. The van der Waals surface area contributed by atoms with Gasteiger partial charge in [0.15, 0.2) is 6.61 Å². The highest BCUT2D eigenvalue weighted by atomic mass is 32.2. The predicted octanol–water partition coefficient (Wildman–Crippen LogP) is 3.64. The molecule has 1 aromatic carbocycles. The Hall–Kier alpha value is -2.21. The van der Waals surface area contributed by atoms with Gasteiger partial charge in [-0.2, -0.15) is 0 Å². The first-order chi connectivity index (χ1) is 11.6. The fraction of sp³-hybridized carbons (Fsp3) is 0.333. The predicted molar refractivity (Wildman–Crippen MR) is 92.9 cm³/mol. The first-order valence-electron chi connectivity index (χ1n) is 7.80. The smallest absolute Gasteiger partial charge is 0.339 e. The van der Waals surface area contributed by atoms with Gasteiger partial charge in [0, 0.05) is 10.9 Å². The second-order valence-electron chi connectivity index (χ2n) is 5.32. The van der Waals surface area contributed by atoms with E-state index >= 15 is 0 Å². The van der Waals surface area contributed by atoms with Crippen LogP contribution in [0.15, 0.2) is 52.0 Å². The van der Waals surface area contributed by atoms with Crippen molar-refractivity contribution in [2.75, 3.05) is 6.61 Å². The van der Waals surface area contributed by atoms with Crippen molar-refractivity contribution >= 4 is 23.6 Å². The van der Waals surface area contributed by atoms with E-state index in [1.807, 2.05) is 38.1 Å². The Bertz CT molecular complexity index is 669. The number of thioether (sulfide) groups is 1. The number of carbonyl (C=O) groups excluding carboxylic acids is 2. The Morgan fingerprint density at radius 1 is 1.25 bits per heavy atom. The third kappa shape index (κ3) is 5.45.